The number of aromatic hydroxyl groups is 1. The van der Waals surface area contributed by atoms with Crippen molar-refractivity contribution >= 4 is 23.2 Å². The number of halogens is 2. The predicted molar refractivity (Wildman–Crippen MR) is 71.9 cm³/mol. The summed E-state index contributed by atoms with van der Waals surface area (Å²) >= 11 is 5.66. The Morgan fingerprint density at radius 2 is 1.95 bits per heavy atom. The molecule has 0 aromatic heterocycles. The van der Waals surface area contributed by atoms with Gasteiger partial charge in [-0.15, -0.1) is 0 Å². The van der Waals surface area contributed by atoms with Crippen molar-refractivity contribution in [2.45, 2.75) is 6.42 Å². The first-order valence-electron chi connectivity index (χ1n) is 5.58. The van der Waals surface area contributed by atoms with Gasteiger partial charge in [0.15, 0.2) is 0 Å². The minimum atomic E-state index is -0.733. The lowest BCUT2D eigenvalue weighted by Gasteiger charge is -2.08. The molecule has 0 saturated heterocycles. The molecule has 2 aromatic carbocycles. The van der Waals surface area contributed by atoms with E-state index in [4.69, 9.17) is 11.6 Å². The number of phenolic OH excluding ortho intramolecular Hbond substituents is 1. The van der Waals surface area contributed by atoms with Crippen LogP contribution in [0, 0.1) is 5.82 Å². The van der Waals surface area contributed by atoms with E-state index in [2.05, 4.69) is 5.32 Å². The monoisotopic (exact) mass is 279 g/mol. The van der Waals surface area contributed by atoms with Gasteiger partial charge in [-0.05, 0) is 11.6 Å². The number of hydrogen-bond acceptors (Lipinski definition) is 2. The van der Waals surface area contributed by atoms with E-state index in [1.165, 1.54) is 6.07 Å². The van der Waals surface area contributed by atoms with Crippen molar-refractivity contribution in [3.8, 4) is 5.75 Å². The van der Waals surface area contributed by atoms with Crippen LogP contribution in [0.4, 0.5) is 10.1 Å². The highest BCUT2D eigenvalue weighted by Gasteiger charge is 2.11. The summed E-state index contributed by atoms with van der Waals surface area (Å²) < 4.78 is 13.5. The topological polar surface area (TPSA) is 49.3 Å². The number of benzene rings is 2. The molecular weight excluding hydrogens is 269 g/mol. The van der Waals surface area contributed by atoms with E-state index in [-0.39, 0.29) is 28.8 Å². The lowest BCUT2D eigenvalue weighted by molar-refractivity contribution is -0.115. The van der Waals surface area contributed by atoms with Gasteiger partial charge in [0, 0.05) is 6.07 Å². The Morgan fingerprint density at radius 1 is 1.26 bits per heavy atom. The Kier molecular flexibility index (Phi) is 4.02. The van der Waals surface area contributed by atoms with Crippen molar-refractivity contribution in [3.05, 3.63) is 58.9 Å². The van der Waals surface area contributed by atoms with Gasteiger partial charge in [0.05, 0.1) is 17.1 Å². The van der Waals surface area contributed by atoms with Crippen LogP contribution in [-0.2, 0) is 11.2 Å². The smallest absolute Gasteiger partial charge is 0.228 e. The largest absolute Gasteiger partial charge is 0.506 e. The predicted octanol–water partition coefficient (Wildman–Crippen LogP) is 3.37. The van der Waals surface area contributed by atoms with Gasteiger partial charge in [-0.1, -0.05) is 41.9 Å². The van der Waals surface area contributed by atoms with Gasteiger partial charge in [0.2, 0.25) is 5.91 Å². The highest BCUT2D eigenvalue weighted by molar-refractivity contribution is 6.32. The van der Waals surface area contributed by atoms with Gasteiger partial charge in [0.25, 0.3) is 0 Å². The molecule has 5 heteroatoms. The number of carbonyl (C=O) groups is 1. The average Bonchev–Trinajstić information content (AvgIpc) is 2.37. The first-order valence-corrected chi connectivity index (χ1v) is 5.96. The molecule has 0 radical (unpaired) electrons. The second-order valence-corrected chi connectivity index (χ2v) is 4.40. The van der Waals surface area contributed by atoms with Crippen molar-refractivity contribution in [1.82, 2.24) is 0 Å². The van der Waals surface area contributed by atoms with Gasteiger partial charge < -0.3 is 10.4 Å². The standard InChI is InChI=1S/C14H11ClFNO2/c15-10-7-12(11(16)8-13(10)18)17-14(19)6-9-4-2-1-3-5-9/h1-5,7-8,18H,6H2,(H,17,19). The third kappa shape index (κ3) is 3.45. The fourth-order valence-electron chi connectivity index (χ4n) is 1.61. The number of rotatable bonds is 3. The molecule has 2 N–H and O–H groups in total. The van der Waals surface area contributed by atoms with Crippen molar-refractivity contribution in [2.75, 3.05) is 5.32 Å². The average molecular weight is 280 g/mol. The molecular formula is C14H11ClFNO2. The van der Waals surface area contributed by atoms with Crippen LogP contribution in [0.1, 0.15) is 5.56 Å². The van der Waals surface area contributed by atoms with Crippen molar-refractivity contribution in [2.24, 2.45) is 0 Å². The van der Waals surface area contributed by atoms with Crippen LogP contribution >= 0.6 is 11.6 Å². The van der Waals surface area contributed by atoms with E-state index in [0.29, 0.717) is 0 Å². The Balaban J connectivity index is 2.09. The number of carbonyl (C=O) groups excluding carboxylic acids is 1. The normalized spacial score (nSPS) is 10.2. The summed E-state index contributed by atoms with van der Waals surface area (Å²) in [6.07, 6.45) is 0.138. The maximum absolute atomic E-state index is 13.5. The van der Waals surface area contributed by atoms with Gasteiger partial charge in [-0.25, -0.2) is 4.39 Å². The summed E-state index contributed by atoms with van der Waals surface area (Å²) in [5.74, 6) is -1.45. The Hall–Kier alpha value is -2.07. The molecule has 0 fully saturated rings. The molecule has 98 valence electrons. The molecule has 19 heavy (non-hydrogen) atoms. The molecule has 3 nitrogen and oxygen atoms in total. The van der Waals surface area contributed by atoms with Crippen LogP contribution < -0.4 is 5.32 Å². The van der Waals surface area contributed by atoms with E-state index in [0.717, 1.165) is 11.6 Å². The highest BCUT2D eigenvalue weighted by atomic mass is 35.5. The molecule has 2 rings (SSSR count). The quantitative estimate of drug-likeness (QED) is 0.847. The summed E-state index contributed by atoms with van der Waals surface area (Å²) in [4.78, 5) is 11.7. The molecule has 2 aromatic rings. The molecule has 0 heterocycles. The van der Waals surface area contributed by atoms with E-state index in [1.807, 2.05) is 18.2 Å². The fourth-order valence-corrected chi connectivity index (χ4v) is 1.77. The van der Waals surface area contributed by atoms with Gasteiger partial charge >= 0.3 is 0 Å². The highest BCUT2D eigenvalue weighted by Crippen LogP contribution is 2.29. The lowest BCUT2D eigenvalue weighted by Crippen LogP contribution is -2.15. The van der Waals surface area contributed by atoms with Gasteiger partial charge in [-0.3, -0.25) is 4.79 Å². The molecule has 0 aliphatic heterocycles. The SMILES string of the molecule is O=C(Cc1ccccc1)Nc1cc(Cl)c(O)cc1F. The first kappa shape index (κ1) is 13.4. The summed E-state index contributed by atoms with van der Waals surface area (Å²) in [6, 6.07) is 11.1. The minimum Gasteiger partial charge on any atom is -0.506 e. The molecule has 1 amide bonds. The molecule has 0 bridgehead atoms. The third-order valence-corrected chi connectivity index (χ3v) is 2.82. The van der Waals surface area contributed by atoms with Crippen LogP contribution in [0.2, 0.25) is 5.02 Å². The molecule has 0 saturated carbocycles. The Morgan fingerprint density at radius 3 is 2.63 bits per heavy atom. The summed E-state index contributed by atoms with van der Waals surface area (Å²) in [7, 11) is 0. The van der Waals surface area contributed by atoms with Gasteiger partial charge in [-0.2, -0.15) is 0 Å². The lowest BCUT2D eigenvalue weighted by atomic mass is 10.1. The second-order valence-electron chi connectivity index (χ2n) is 3.99. The number of hydrogen-bond donors (Lipinski definition) is 2. The zero-order valence-corrected chi connectivity index (χ0v) is 10.6. The molecule has 0 spiro atoms. The van der Waals surface area contributed by atoms with E-state index >= 15 is 0 Å². The van der Waals surface area contributed by atoms with Crippen LogP contribution in [-0.4, -0.2) is 11.0 Å². The zero-order chi connectivity index (χ0) is 13.8. The fraction of sp³-hybridized carbons (Fsp3) is 0.0714. The number of phenols is 1. The maximum Gasteiger partial charge on any atom is 0.228 e. The first-order chi connectivity index (χ1) is 9.06. The summed E-state index contributed by atoms with van der Waals surface area (Å²) in [6.45, 7) is 0. The second kappa shape index (κ2) is 5.71. The number of nitrogens with one attached hydrogen (secondary N) is 1. The van der Waals surface area contributed by atoms with E-state index < -0.39 is 5.82 Å². The zero-order valence-electron chi connectivity index (χ0n) is 9.86. The van der Waals surface area contributed by atoms with Gasteiger partial charge in [0.1, 0.15) is 11.6 Å². The third-order valence-electron chi connectivity index (χ3n) is 2.52. The Bertz CT molecular complexity index is 602. The van der Waals surface area contributed by atoms with Crippen molar-refractivity contribution in [1.29, 1.82) is 0 Å². The van der Waals surface area contributed by atoms with Crippen LogP contribution in [0.25, 0.3) is 0 Å². The molecule has 0 unspecified atom stereocenters. The molecule has 0 aliphatic rings. The summed E-state index contributed by atoms with van der Waals surface area (Å²) in [5.41, 5.74) is 0.772. The number of amides is 1. The van der Waals surface area contributed by atoms with Crippen molar-refractivity contribution < 1.29 is 14.3 Å². The van der Waals surface area contributed by atoms with E-state index in [1.54, 1.807) is 12.1 Å². The van der Waals surface area contributed by atoms with Crippen molar-refractivity contribution in [3.63, 3.8) is 0 Å². The summed E-state index contributed by atoms with van der Waals surface area (Å²) in [5, 5.41) is 11.6. The number of anilines is 1. The molecule has 0 atom stereocenters. The maximum atomic E-state index is 13.5. The Labute approximate surface area is 114 Å². The minimum absolute atomic E-state index is 0.0172. The van der Waals surface area contributed by atoms with E-state index in [9.17, 15) is 14.3 Å². The van der Waals surface area contributed by atoms with Crippen LogP contribution in [0.5, 0.6) is 5.75 Å². The van der Waals surface area contributed by atoms with Crippen LogP contribution in [0.3, 0.4) is 0 Å². The van der Waals surface area contributed by atoms with Crippen LogP contribution in [0.15, 0.2) is 42.5 Å². The molecule has 0 aliphatic carbocycles.